The number of nitrogens with zero attached hydrogens (tertiary/aromatic N) is 1. The van der Waals surface area contributed by atoms with Crippen LogP contribution >= 0.6 is 27.3 Å². The number of likely N-dealkylation sites (tertiary alicyclic amines) is 1. The molecule has 2 rings (SSSR count). The largest absolute Gasteiger partial charge is 0.338 e. The third-order valence-corrected chi connectivity index (χ3v) is 4.89. The summed E-state index contributed by atoms with van der Waals surface area (Å²) >= 11 is 5.18. The number of aryl methyl sites for hydroxylation is 1. The average molecular weight is 302 g/mol. The quantitative estimate of drug-likeness (QED) is 0.768. The van der Waals surface area contributed by atoms with Gasteiger partial charge < -0.3 is 4.90 Å². The van der Waals surface area contributed by atoms with E-state index in [2.05, 4.69) is 28.9 Å². The fourth-order valence-electron chi connectivity index (χ4n) is 2.00. The van der Waals surface area contributed by atoms with Crippen molar-refractivity contribution in [1.29, 1.82) is 0 Å². The smallest absolute Gasteiger partial charge is 0.264 e. The zero-order valence-corrected chi connectivity index (χ0v) is 11.8. The summed E-state index contributed by atoms with van der Waals surface area (Å²) in [6.45, 7) is 3.87. The molecule has 0 aliphatic carbocycles. The number of rotatable bonds is 2. The molecule has 1 aliphatic heterocycles. The summed E-state index contributed by atoms with van der Waals surface area (Å²) in [6, 6.07) is 2.06. The molecular weight excluding hydrogens is 286 g/mol. The van der Waals surface area contributed by atoms with Crippen molar-refractivity contribution in [2.45, 2.75) is 31.0 Å². The van der Waals surface area contributed by atoms with Crippen molar-refractivity contribution in [3.8, 4) is 0 Å². The van der Waals surface area contributed by atoms with Crippen LogP contribution in [0.5, 0.6) is 0 Å². The number of carbonyl (C=O) groups excluding carboxylic acids is 1. The van der Waals surface area contributed by atoms with Gasteiger partial charge in [-0.2, -0.15) is 0 Å². The van der Waals surface area contributed by atoms with Crippen molar-refractivity contribution in [3.05, 3.63) is 21.9 Å². The van der Waals surface area contributed by atoms with Gasteiger partial charge in [-0.1, -0.05) is 22.9 Å². The molecule has 0 spiro atoms. The molecule has 0 radical (unpaired) electrons. The zero-order chi connectivity index (χ0) is 11.5. The summed E-state index contributed by atoms with van der Waals surface area (Å²) in [4.78, 5) is 15.8. The first-order chi connectivity index (χ1) is 7.72. The fourth-order valence-corrected chi connectivity index (χ4v) is 3.37. The van der Waals surface area contributed by atoms with Gasteiger partial charge in [0.25, 0.3) is 5.91 Å². The van der Waals surface area contributed by atoms with E-state index in [1.807, 2.05) is 10.3 Å². The Morgan fingerprint density at radius 3 is 2.88 bits per heavy atom. The molecule has 1 aliphatic rings. The predicted octanol–water partition coefficient (Wildman–Crippen LogP) is 3.31. The van der Waals surface area contributed by atoms with Crippen molar-refractivity contribution in [3.63, 3.8) is 0 Å². The Morgan fingerprint density at radius 2 is 2.25 bits per heavy atom. The monoisotopic (exact) mass is 301 g/mol. The van der Waals surface area contributed by atoms with E-state index in [0.29, 0.717) is 4.83 Å². The molecule has 1 saturated heterocycles. The van der Waals surface area contributed by atoms with Crippen molar-refractivity contribution < 1.29 is 4.79 Å². The molecule has 1 fully saturated rings. The molecule has 4 heteroatoms. The Kier molecular flexibility index (Phi) is 4.03. The van der Waals surface area contributed by atoms with Gasteiger partial charge in [-0.3, -0.25) is 4.79 Å². The maximum Gasteiger partial charge on any atom is 0.264 e. The van der Waals surface area contributed by atoms with Gasteiger partial charge in [-0.25, -0.2) is 0 Å². The molecule has 2 heterocycles. The Hall–Kier alpha value is -0.350. The maximum atomic E-state index is 12.3. The van der Waals surface area contributed by atoms with E-state index in [-0.39, 0.29) is 5.91 Å². The van der Waals surface area contributed by atoms with E-state index < -0.39 is 0 Å². The molecule has 2 nitrogen and oxygen atoms in total. The third kappa shape index (κ3) is 2.48. The lowest BCUT2D eigenvalue weighted by Gasteiger charge is -2.29. The maximum absolute atomic E-state index is 12.3. The van der Waals surface area contributed by atoms with E-state index in [0.717, 1.165) is 37.2 Å². The zero-order valence-electron chi connectivity index (χ0n) is 9.41. The van der Waals surface area contributed by atoms with Gasteiger partial charge in [0.2, 0.25) is 0 Å². The number of halogens is 1. The van der Waals surface area contributed by atoms with Gasteiger partial charge in [-0.15, -0.1) is 11.3 Å². The summed E-state index contributed by atoms with van der Waals surface area (Å²) < 4.78 is 0. The minimum atomic E-state index is 0.228. The molecule has 1 aromatic rings. The molecule has 0 atom stereocenters. The first-order valence-corrected chi connectivity index (χ1v) is 7.51. The molecule has 0 N–H and O–H groups in total. The summed E-state index contributed by atoms with van der Waals surface area (Å²) in [6.07, 6.45) is 3.08. The van der Waals surface area contributed by atoms with Crippen LogP contribution in [0, 0.1) is 0 Å². The van der Waals surface area contributed by atoms with Crippen LogP contribution in [0.4, 0.5) is 0 Å². The second-order valence-corrected chi connectivity index (χ2v) is 6.31. The van der Waals surface area contributed by atoms with Gasteiger partial charge >= 0.3 is 0 Å². The molecule has 0 unspecified atom stereocenters. The lowest BCUT2D eigenvalue weighted by molar-refractivity contribution is 0.0732. The molecule has 1 aromatic heterocycles. The summed E-state index contributed by atoms with van der Waals surface area (Å²) in [5.74, 6) is 0.228. The normalized spacial score (nSPS) is 17.8. The van der Waals surface area contributed by atoms with Gasteiger partial charge in [0.05, 0.1) is 4.88 Å². The number of amides is 1. The van der Waals surface area contributed by atoms with E-state index in [9.17, 15) is 4.79 Å². The third-order valence-electron chi connectivity index (χ3n) is 3.03. The lowest BCUT2D eigenvalue weighted by Crippen LogP contribution is -2.38. The van der Waals surface area contributed by atoms with Crippen LogP contribution in [-0.2, 0) is 6.42 Å². The van der Waals surface area contributed by atoms with Gasteiger partial charge in [0, 0.05) is 17.9 Å². The molecular formula is C12H16BrNOS. The van der Waals surface area contributed by atoms with Crippen LogP contribution in [-0.4, -0.2) is 28.7 Å². The highest BCUT2D eigenvalue weighted by atomic mass is 79.9. The number of piperidine rings is 1. The van der Waals surface area contributed by atoms with Crippen LogP contribution in [0.15, 0.2) is 11.4 Å². The highest BCUT2D eigenvalue weighted by Gasteiger charge is 2.24. The molecule has 0 saturated carbocycles. The van der Waals surface area contributed by atoms with Gasteiger partial charge in [-0.05, 0) is 36.3 Å². The van der Waals surface area contributed by atoms with Crippen LogP contribution in [0.1, 0.15) is 35.0 Å². The average Bonchev–Trinajstić information content (AvgIpc) is 2.77. The van der Waals surface area contributed by atoms with Crippen molar-refractivity contribution >= 4 is 33.2 Å². The lowest BCUT2D eigenvalue weighted by atomic mass is 10.1. The van der Waals surface area contributed by atoms with Gasteiger partial charge in [0.1, 0.15) is 0 Å². The number of thiophene rings is 1. The van der Waals surface area contributed by atoms with Crippen LogP contribution in [0.3, 0.4) is 0 Å². The minimum Gasteiger partial charge on any atom is -0.338 e. The van der Waals surface area contributed by atoms with Crippen molar-refractivity contribution in [2.75, 3.05) is 13.1 Å². The Morgan fingerprint density at radius 1 is 1.56 bits per heavy atom. The Labute approximate surface area is 109 Å². The Bertz CT molecular complexity index is 369. The molecule has 0 bridgehead atoms. The fraction of sp³-hybridized carbons (Fsp3) is 0.583. The van der Waals surface area contributed by atoms with Gasteiger partial charge in [0.15, 0.2) is 0 Å². The standard InChI is InChI=1S/C12H16BrNOS/c1-2-9-5-8-16-11(9)12(15)14-6-3-10(13)4-7-14/h5,8,10H,2-4,6-7H2,1H3. The summed E-state index contributed by atoms with van der Waals surface area (Å²) in [5.41, 5.74) is 1.19. The van der Waals surface area contributed by atoms with Crippen LogP contribution < -0.4 is 0 Å². The second kappa shape index (κ2) is 5.32. The highest BCUT2D eigenvalue weighted by Crippen LogP contribution is 2.23. The van der Waals surface area contributed by atoms with Crippen LogP contribution in [0.25, 0.3) is 0 Å². The number of carbonyl (C=O) groups is 1. The second-order valence-electron chi connectivity index (χ2n) is 4.10. The minimum absolute atomic E-state index is 0.228. The molecule has 16 heavy (non-hydrogen) atoms. The van der Waals surface area contributed by atoms with Crippen LogP contribution in [0.2, 0.25) is 0 Å². The van der Waals surface area contributed by atoms with Crippen molar-refractivity contribution in [1.82, 2.24) is 4.90 Å². The first-order valence-electron chi connectivity index (χ1n) is 5.72. The topological polar surface area (TPSA) is 20.3 Å². The number of hydrogen-bond donors (Lipinski definition) is 0. The molecule has 1 amide bonds. The summed E-state index contributed by atoms with van der Waals surface area (Å²) in [7, 11) is 0. The Balaban J connectivity index is 2.07. The van der Waals surface area contributed by atoms with Crippen molar-refractivity contribution in [2.24, 2.45) is 0 Å². The van der Waals surface area contributed by atoms with E-state index in [4.69, 9.17) is 0 Å². The summed E-state index contributed by atoms with van der Waals surface area (Å²) in [5, 5.41) is 2.02. The molecule has 0 aromatic carbocycles. The highest BCUT2D eigenvalue weighted by molar-refractivity contribution is 9.09. The van der Waals surface area contributed by atoms with E-state index >= 15 is 0 Å². The SMILES string of the molecule is CCc1ccsc1C(=O)N1CCC(Br)CC1. The molecule has 88 valence electrons. The first kappa shape index (κ1) is 12.1. The van der Waals surface area contributed by atoms with E-state index in [1.54, 1.807) is 11.3 Å². The predicted molar refractivity (Wildman–Crippen MR) is 71.5 cm³/mol. The number of hydrogen-bond acceptors (Lipinski definition) is 2. The van der Waals surface area contributed by atoms with E-state index in [1.165, 1.54) is 5.56 Å². The number of alkyl halides is 1.